The van der Waals surface area contributed by atoms with Gasteiger partial charge in [-0.15, -0.1) is 0 Å². The van der Waals surface area contributed by atoms with E-state index >= 15 is 0 Å². The lowest BCUT2D eigenvalue weighted by molar-refractivity contribution is 0.476. The van der Waals surface area contributed by atoms with E-state index in [9.17, 15) is 8.42 Å². The summed E-state index contributed by atoms with van der Waals surface area (Å²) in [5.41, 5.74) is 2.82. The van der Waals surface area contributed by atoms with Gasteiger partial charge in [0.05, 0.1) is 11.0 Å². The van der Waals surface area contributed by atoms with Crippen LogP contribution in [0.4, 0.5) is 0 Å². The van der Waals surface area contributed by atoms with E-state index in [0.717, 1.165) is 11.1 Å². The minimum absolute atomic E-state index is 0.439. The van der Waals surface area contributed by atoms with Gasteiger partial charge in [-0.2, -0.15) is 8.42 Å². The summed E-state index contributed by atoms with van der Waals surface area (Å²) in [6.07, 6.45) is 8.49. The number of para-hydroxylation sites is 1. The molecule has 3 aromatic rings. The molecular weight excluding hydrogens is 360 g/mol. The maximum atomic E-state index is 11.1. The fourth-order valence-electron chi connectivity index (χ4n) is 2.84. The summed E-state index contributed by atoms with van der Waals surface area (Å²) in [5.74, 6) is 0. The molecule has 2 aromatic carbocycles. The standard InChI is InChI=1S/C13H10N2O3S.C8H18/c16-19(17,18)13-14-11-8-4-7-10(12(11)15-13)9-5-2-1-3-6-9;1-3-5-7-8-6-4-2/h1-8H,(H,14,15)(H,16,17,18);3-8H2,1-2H3. The van der Waals surface area contributed by atoms with Gasteiger partial charge >= 0.3 is 10.1 Å². The summed E-state index contributed by atoms with van der Waals surface area (Å²) in [4.78, 5) is 6.56. The summed E-state index contributed by atoms with van der Waals surface area (Å²) in [6.45, 7) is 4.51. The Kier molecular flexibility index (Phi) is 8.00. The van der Waals surface area contributed by atoms with Crippen molar-refractivity contribution in [2.24, 2.45) is 0 Å². The van der Waals surface area contributed by atoms with Crippen molar-refractivity contribution in [1.29, 1.82) is 0 Å². The lowest BCUT2D eigenvalue weighted by Gasteiger charge is -2.01. The van der Waals surface area contributed by atoms with Crippen LogP contribution in [0.25, 0.3) is 22.2 Å². The first kappa shape index (κ1) is 21.1. The number of aromatic amines is 1. The highest BCUT2D eigenvalue weighted by Gasteiger charge is 2.17. The molecule has 0 bridgehead atoms. The molecule has 0 spiro atoms. The molecule has 0 saturated carbocycles. The average molecular weight is 389 g/mol. The van der Waals surface area contributed by atoms with Gasteiger partial charge in [0.1, 0.15) is 0 Å². The number of rotatable bonds is 7. The average Bonchev–Trinajstić information content (AvgIpc) is 3.11. The first-order valence-corrected chi connectivity index (χ1v) is 10.9. The molecule has 0 aliphatic rings. The van der Waals surface area contributed by atoms with E-state index in [1.165, 1.54) is 38.5 Å². The maximum absolute atomic E-state index is 11.1. The minimum atomic E-state index is -4.33. The summed E-state index contributed by atoms with van der Waals surface area (Å²) in [6, 6.07) is 14.9. The van der Waals surface area contributed by atoms with E-state index in [1.807, 2.05) is 36.4 Å². The first-order chi connectivity index (χ1) is 13.0. The molecule has 1 aromatic heterocycles. The molecule has 146 valence electrons. The molecule has 0 atom stereocenters. The topological polar surface area (TPSA) is 83.1 Å². The monoisotopic (exact) mass is 388 g/mol. The summed E-state index contributed by atoms with van der Waals surface area (Å²) >= 11 is 0. The number of hydrogen-bond donors (Lipinski definition) is 2. The molecule has 0 amide bonds. The second-order valence-electron chi connectivity index (χ2n) is 6.50. The molecule has 0 aliphatic heterocycles. The van der Waals surface area contributed by atoms with Crippen LogP contribution in [0, 0.1) is 0 Å². The van der Waals surface area contributed by atoms with Crippen molar-refractivity contribution in [2.45, 2.75) is 57.5 Å². The Morgan fingerprint density at radius 3 is 2.07 bits per heavy atom. The van der Waals surface area contributed by atoms with Crippen molar-refractivity contribution < 1.29 is 13.0 Å². The normalized spacial score (nSPS) is 11.2. The van der Waals surface area contributed by atoms with Crippen LogP contribution in [0.15, 0.2) is 53.7 Å². The first-order valence-electron chi connectivity index (χ1n) is 9.49. The molecule has 0 fully saturated rings. The summed E-state index contributed by atoms with van der Waals surface area (Å²) in [7, 11) is -4.33. The maximum Gasteiger partial charge on any atom is 0.328 e. The van der Waals surface area contributed by atoms with Gasteiger partial charge in [0.15, 0.2) is 0 Å². The predicted octanol–water partition coefficient (Wildman–Crippen LogP) is 5.84. The molecule has 2 N–H and O–H groups in total. The molecule has 0 unspecified atom stereocenters. The Labute approximate surface area is 161 Å². The van der Waals surface area contributed by atoms with Gasteiger partial charge in [0.25, 0.3) is 5.16 Å². The quantitative estimate of drug-likeness (QED) is 0.393. The van der Waals surface area contributed by atoms with Crippen molar-refractivity contribution in [1.82, 2.24) is 9.97 Å². The van der Waals surface area contributed by atoms with Crippen LogP contribution in [-0.2, 0) is 10.1 Å². The van der Waals surface area contributed by atoms with Crippen LogP contribution in [0.2, 0.25) is 0 Å². The second-order valence-corrected chi connectivity index (χ2v) is 7.84. The number of imidazole rings is 1. The van der Waals surface area contributed by atoms with E-state index < -0.39 is 15.3 Å². The number of benzene rings is 2. The number of nitrogens with zero attached hydrogens (tertiary/aromatic N) is 1. The van der Waals surface area contributed by atoms with E-state index in [-0.39, 0.29) is 0 Å². The highest BCUT2D eigenvalue weighted by molar-refractivity contribution is 7.85. The van der Waals surface area contributed by atoms with Crippen LogP contribution >= 0.6 is 0 Å². The smallest absolute Gasteiger partial charge is 0.327 e. The van der Waals surface area contributed by atoms with E-state index in [0.29, 0.717) is 11.0 Å². The number of unbranched alkanes of at least 4 members (excludes halogenated alkanes) is 5. The number of H-pyrrole nitrogens is 1. The SMILES string of the molecule is CCCCCCCC.O=S(=O)(O)c1nc2c(-c3ccccc3)cccc2[nH]1. The van der Waals surface area contributed by atoms with Gasteiger partial charge in [-0.05, 0) is 11.6 Å². The zero-order chi connectivity index (χ0) is 19.7. The number of hydrogen-bond acceptors (Lipinski definition) is 3. The van der Waals surface area contributed by atoms with Gasteiger partial charge in [0.2, 0.25) is 0 Å². The third-order valence-corrected chi connectivity index (χ3v) is 4.96. The minimum Gasteiger partial charge on any atom is -0.327 e. The zero-order valence-electron chi connectivity index (χ0n) is 16.0. The Balaban J connectivity index is 0.000000279. The van der Waals surface area contributed by atoms with Crippen molar-refractivity contribution in [2.75, 3.05) is 0 Å². The lowest BCUT2D eigenvalue weighted by atomic mass is 10.0. The molecule has 1 heterocycles. The summed E-state index contributed by atoms with van der Waals surface area (Å²) in [5, 5.41) is -0.439. The second kappa shape index (κ2) is 10.2. The highest BCUT2D eigenvalue weighted by atomic mass is 32.2. The van der Waals surface area contributed by atoms with Gasteiger partial charge in [-0.3, -0.25) is 4.55 Å². The highest BCUT2D eigenvalue weighted by Crippen LogP contribution is 2.27. The number of fused-ring (bicyclic) bond motifs is 1. The number of nitrogens with one attached hydrogen (secondary N) is 1. The Hall–Kier alpha value is -2.18. The zero-order valence-corrected chi connectivity index (χ0v) is 16.8. The fraction of sp³-hybridized carbons (Fsp3) is 0.381. The number of aromatic nitrogens is 2. The molecule has 0 radical (unpaired) electrons. The largest absolute Gasteiger partial charge is 0.328 e. The molecule has 0 saturated heterocycles. The van der Waals surface area contributed by atoms with Crippen LogP contribution in [0.5, 0.6) is 0 Å². The predicted molar refractivity (Wildman–Crippen MR) is 110 cm³/mol. The van der Waals surface area contributed by atoms with Crippen molar-refractivity contribution in [3.8, 4) is 11.1 Å². The fourth-order valence-corrected chi connectivity index (χ4v) is 3.28. The Morgan fingerprint density at radius 1 is 0.889 bits per heavy atom. The van der Waals surface area contributed by atoms with Crippen molar-refractivity contribution in [3.63, 3.8) is 0 Å². The molecule has 6 heteroatoms. The Morgan fingerprint density at radius 2 is 1.52 bits per heavy atom. The third kappa shape index (κ3) is 6.19. The Bertz CT molecular complexity index is 928. The van der Waals surface area contributed by atoms with Gasteiger partial charge < -0.3 is 4.98 Å². The summed E-state index contributed by atoms with van der Waals surface area (Å²) < 4.78 is 31.3. The molecule has 3 rings (SSSR count). The molecule has 27 heavy (non-hydrogen) atoms. The molecule has 0 aliphatic carbocycles. The van der Waals surface area contributed by atoms with Gasteiger partial charge in [-0.1, -0.05) is 94.8 Å². The van der Waals surface area contributed by atoms with Crippen molar-refractivity contribution >= 4 is 21.2 Å². The molecular formula is C21H28N2O3S. The van der Waals surface area contributed by atoms with Crippen LogP contribution in [0.1, 0.15) is 52.4 Å². The van der Waals surface area contributed by atoms with E-state index in [2.05, 4.69) is 23.8 Å². The van der Waals surface area contributed by atoms with Crippen LogP contribution in [0.3, 0.4) is 0 Å². The van der Waals surface area contributed by atoms with Gasteiger partial charge in [-0.25, -0.2) is 4.98 Å². The van der Waals surface area contributed by atoms with Crippen molar-refractivity contribution in [3.05, 3.63) is 48.5 Å². The van der Waals surface area contributed by atoms with E-state index in [1.54, 1.807) is 12.1 Å². The van der Waals surface area contributed by atoms with Crippen LogP contribution < -0.4 is 0 Å². The van der Waals surface area contributed by atoms with E-state index in [4.69, 9.17) is 4.55 Å². The van der Waals surface area contributed by atoms with Crippen LogP contribution in [-0.4, -0.2) is 22.9 Å². The third-order valence-electron chi connectivity index (χ3n) is 4.28. The van der Waals surface area contributed by atoms with Gasteiger partial charge in [0, 0.05) is 5.56 Å². The lowest BCUT2D eigenvalue weighted by Crippen LogP contribution is -1.99. The molecule has 5 nitrogen and oxygen atoms in total.